The summed E-state index contributed by atoms with van der Waals surface area (Å²) in [6.07, 6.45) is 4.76. The number of aliphatic carboxylic acids is 1. The SMILES string of the molecule is CN(C)C(=O)C1C2C=CC(C2)C1C(=O)O. The maximum absolute atomic E-state index is 11.9. The van der Waals surface area contributed by atoms with Crippen molar-refractivity contribution >= 4 is 11.9 Å². The maximum Gasteiger partial charge on any atom is 0.307 e. The fourth-order valence-electron chi connectivity index (χ4n) is 2.79. The van der Waals surface area contributed by atoms with E-state index in [1.807, 2.05) is 12.2 Å². The van der Waals surface area contributed by atoms with Gasteiger partial charge in [0.2, 0.25) is 5.91 Å². The van der Waals surface area contributed by atoms with Gasteiger partial charge in [0.05, 0.1) is 11.8 Å². The Hall–Kier alpha value is -1.32. The van der Waals surface area contributed by atoms with Gasteiger partial charge in [-0.3, -0.25) is 9.59 Å². The molecular formula is C11H15NO3. The predicted molar refractivity (Wildman–Crippen MR) is 54.0 cm³/mol. The first-order valence-electron chi connectivity index (χ1n) is 5.14. The molecule has 15 heavy (non-hydrogen) atoms. The Morgan fingerprint density at radius 3 is 2.20 bits per heavy atom. The molecule has 2 rings (SSSR count). The van der Waals surface area contributed by atoms with Crippen LogP contribution >= 0.6 is 0 Å². The van der Waals surface area contributed by atoms with Gasteiger partial charge in [-0.05, 0) is 18.3 Å². The van der Waals surface area contributed by atoms with Crippen LogP contribution in [0.15, 0.2) is 12.2 Å². The van der Waals surface area contributed by atoms with E-state index in [1.54, 1.807) is 14.1 Å². The first-order chi connectivity index (χ1) is 7.02. The minimum atomic E-state index is -0.841. The Morgan fingerprint density at radius 1 is 1.20 bits per heavy atom. The van der Waals surface area contributed by atoms with Gasteiger partial charge in [0, 0.05) is 14.1 Å². The van der Waals surface area contributed by atoms with Gasteiger partial charge in [-0.25, -0.2) is 0 Å². The lowest BCUT2D eigenvalue weighted by atomic mass is 9.82. The van der Waals surface area contributed by atoms with E-state index < -0.39 is 11.9 Å². The number of rotatable bonds is 2. The second-order valence-electron chi connectivity index (χ2n) is 4.57. The molecule has 4 atom stereocenters. The zero-order valence-corrected chi connectivity index (χ0v) is 8.88. The largest absolute Gasteiger partial charge is 0.481 e. The number of nitrogens with zero attached hydrogens (tertiary/aromatic N) is 1. The van der Waals surface area contributed by atoms with Crippen molar-refractivity contribution in [3.05, 3.63) is 12.2 Å². The standard InChI is InChI=1S/C11H15NO3/c1-12(2)10(13)8-6-3-4-7(5-6)9(8)11(14)15/h3-4,6-9H,5H2,1-2H3,(H,14,15). The van der Waals surface area contributed by atoms with E-state index in [0.717, 1.165) is 6.42 Å². The third kappa shape index (κ3) is 1.44. The molecule has 0 aromatic heterocycles. The molecule has 1 N–H and O–H groups in total. The molecule has 2 aliphatic carbocycles. The van der Waals surface area contributed by atoms with Crippen LogP contribution in [0.2, 0.25) is 0 Å². The Bertz CT molecular complexity index is 335. The van der Waals surface area contributed by atoms with Gasteiger partial charge in [0.15, 0.2) is 0 Å². The topological polar surface area (TPSA) is 57.6 Å². The summed E-state index contributed by atoms with van der Waals surface area (Å²) in [6.45, 7) is 0. The molecule has 1 saturated carbocycles. The number of fused-ring (bicyclic) bond motifs is 2. The number of amides is 1. The van der Waals surface area contributed by atoms with Crippen molar-refractivity contribution in [3.63, 3.8) is 0 Å². The van der Waals surface area contributed by atoms with E-state index in [-0.39, 0.29) is 23.7 Å². The molecule has 1 amide bonds. The van der Waals surface area contributed by atoms with Crippen LogP contribution in [0, 0.1) is 23.7 Å². The molecule has 82 valence electrons. The highest BCUT2D eigenvalue weighted by Crippen LogP contribution is 2.48. The van der Waals surface area contributed by atoms with E-state index in [4.69, 9.17) is 5.11 Å². The summed E-state index contributed by atoms with van der Waals surface area (Å²) < 4.78 is 0. The Labute approximate surface area is 88.6 Å². The van der Waals surface area contributed by atoms with Crippen LogP contribution in [0.5, 0.6) is 0 Å². The van der Waals surface area contributed by atoms with Crippen molar-refractivity contribution in [2.24, 2.45) is 23.7 Å². The van der Waals surface area contributed by atoms with Crippen LogP contribution in [-0.4, -0.2) is 36.0 Å². The Kier molecular flexibility index (Phi) is 2.29. The highest BCUT2D eigenvalue weighted by molar-refractivity contribution is 5.86. The van der Waals surface area contributed by atoms with E-state index in [1.165, 1.54) is 4.90 Å². The summed E-state index contributed by atoms with van der Waals surface area (Å²) in [5, 5.41) is 9.13. The molecule has 0 radical (unpaired) electrons. The van der Waals surface area contributed by atoms with Crippen LogP contribution in [0.3, 0.4) is 0 Å². The third-order valence-electron chi connectivity index (χ3n) is 3.47. The smallest absolute Gasteiger partial charge is 0.307 e. The zero-order chi connectivity index (χ0) is 11.2. The summed E-state index contributed by atoms with van der Waals surface area (Å²) in [5.74, 6) is -1.58. The van der Waals surface area contributed by atoms with Crippen LogP contribution in [0.1, 0.15) is 6.42 Å². The number of allylic oxidation sites excluding steroid dienone is 2. The van der Waals surface area contributed by atoms with Gasteiger partial charge in [0.1, 0.15) is 0 Å². The summed E-state index contributed by atoms with van der Waals surface area (Å²) in [5.41, 5.74) is 0. The zero-order valence-electron chi connectivity index (χ0n) is 8.88. The molecule has 4 heteroatoms. The van der Waals surface area contributed by atoms with Gasteiger partial charge < -0.3 is 10.0 Å². The normalized spacial score (nSPS) is 36.9. The summed E-state index contributed by atoms with van der Waals surface area (Å²) in [7, 11) is 3.36. The van der Waals surface area contributed by atoms with Crippen molar-refractivity contribution in [2.45, 2.75) is 6.42 Å². The fraction of sp³-hybridized carbons (Fsp3) is 0.636. The Morgan fingerprint density at radius 2 is 1.73 bits per heavy atom. The van der Waals surface area contributed by atoms with Crippen molar-refractivity contribution < 1.29 is 14.7 Å². The lowest BCUT2D eigenvalue weighted by Crippen LogP contribution is -2.39. The number of carboxylic acids is 1. The predicted octanol–water partition coefficient (Wildman–Crippen LogP) is 0.598. The molecule has 2 bridgehead atoms. The van der Waals surface area contributed by atoms with Gasteiger partial charge in [-0.2, -0.15) is 0 Å². The van der Waals surface area contributed by atoms with E-state index in [2.05, 4.69) is 0 Å². The van der Waals surface area contributed by atoms with E-state index in [0.29, 0.717) is 0 Å². The molecule has 0 aromatic carbocycles. The summed E-state index contributed by atoms with van der Waals surface area (Å²) >= 11 is 0. The molecule has 1 fully saturated rings. The van der Waals surface area contributed by atoms with Crippen LogP contribution < -0.4 is 0 Å². The van der Waals surface area contributed by atoms with Crippen molar-refractivity contribution in [1.82, 2.24) is 4.90 Å². The molecule has 0 heterocycles. The third-order valence-corrected chi connectivity index (χ3v) is 3.47. The molecule has 0 aromatic rings. The molecule has 4 nitrogen and oxygen atoms in total. The Balaban J connectivity index is 2.27. The number of carbonyl (C=O) groups is 2. The second-order valence-corrected chi connectivity index (χ2v) is 4.57. The van der Waals surface area contributed by atoms with Crippen molar-refractivity contribution in [3.8, 4) is 0 Å². The monoisotopic (exact) mass is 209 g/mol. The van der Waals surface area contributed by atoms with Gasteiger partial charge in [0.25, 0.3) is 0 Å². The van der Waals surface area contributed by atoms with Gasteiger partial charge in [-0.15, -0.1) is 0 Å². The first kappa shape index (κ1) is 10.2. The van der Waals surface area contributed by atoms with Crippen LogP contribution in [0.25, 0.3) is 0 Å². The average molecular weight is 209 g/mol. The summed E-state index contributed by atoms with van der Waals surface area (Å²) in [6, 6.07) is 0. The van der Waals surface area contributed by atoms with Crippen molar-refractivity contribution in [1.29, 1.82) is 0 Å². The van der Waals surface area contributed by atoms with Gasteiger partial charge in [-0.1, -0.05) is 12.2 Å². The fourth-order valence-corrected chi connectivity index (χ4v) is 2.79. The van der Waals surface area contributed by atoms with E-state index >= 15 is 0 Å². The lowest BCUT2D eigenvalue weighted by molar-refractivity contribution is -0.150. The van der Waals surface area contributed by atoms with Crippen LogP contribution in [0.4, 0.5) is 0 Å². The number of carboxylic acid groups (broad SMARTS) is 1. The molecule has 0 aliphatic heterocycles. The molecule has 2 aliphatic rings. The van der Waals surface area contributed by atoms with E-state index in [9.17, 15) is 9.59 Å². The van der Waals surface area contributed by atoms with Crippen molar-refractivity contribution in [2.75, 3.05) is 14.1 Å². The number of carbonyl (C=O) groups excluding carboxylic acids is 1. The average Bonchev–Trinajstić information content (AvgIpc) is 2.74. The highest BCUT2D eigenvalue weighted by atomic mass is 16.4. The lowest BCUT2D eigenvalue weighted by Gasteiger charge is -2.26. The highest BCUT2D eigenvalue weighted by Gasteiger charge is 2.51. The minimum absolute atomic E-state index is 0.0563. The number of hydrogen-bond acceptors (Lipinski definition) is 2. The molecular weight excluding hydrogens is 194 g/mol. The molecule has 0 saturated heterocycles. The quantitative estimate of drug-likeness (QED) is 0.677. The second kappa shape index (κ2) is 3.36. The minimum Gasteiger partial charge on any atom is -0.481 e. The number of hydrogen-bond donors (Lipinski definition) is 1. The maximum atomic E-state index is 11.9. The summed E-state index contributed by atoms with van der Waals surface area (Å²) in [4.78, 5) is 24.5. The molecule has 4 unspecified atom stereocenters. The van der Waals surface area contributed by atoms with Gasteiger partial charge >= 0.3 is 5.97 Å². The molecule has 0 spiro atoms. The van der Waals surface area contributed by atoms with Crippen LogP contribution in [-0.2, 0) is 9.59 Å². The first-order valence-corrected chi connectivity index (χ1v) is 5.14.